The third-order valence-electron chi connectivity index (χ3n) is 3.61. The topological polar surface area (TPSA) is 38.1 Å². The van der Waals surface area contributed by atoms with Crippen LogP contribution in [0.25, 0.3) is 0 Å². The number of nitrogens with zero attached hydrogens (tertiary/aromatic N) is 3. The number of carbonyl (C=O) groups is 1. The summed E-state index contributed by atoms with van der Waals surface area (Å²) in [5.74, 6) is 0.133. The van der Waals surface area contributed by atoms with Gasteiger partial charge in [-0.15, -0.1) is 0 Å². The maximum absolute atomic E-state index is 11.4. The minimum Gasteiger partial charge on any atom is -0.367 e. The van der Waals surface area contributed by atoms with E-state index in [4.69, 9.17) is 0 Å². The van der Waals surface area contributed by atoms with Gasteiger partial charge in [-0.3, -0.25) is 9.48 Å². The lowest BCUT2D eigenvalue weighted by atomic mass is 10.1. The van der Waals surface area contributed by atoms with Crippen molar-refractivity contribution in [3.63, 3.8) is 0 Å². The van der Waals surface area contributed by atoms with Gasteiger partial charge < -0.3 is 4.90 Å². The van der Waals surface area contributed by atoms with Gasteiger partial charge in [0.25, 0.3) is 0 Å². The molecular weight excluding hydrogens is 238 g/mol. The standard InChI is InChI=1S/C15H17N3O/c1-11(19)13-3-4-15-14(7-13)5-6-18(15)10-12-8-16-17(2)9-12/h3-4,7-9H,5-6,10H2,1-2H3. The van der Waals surface area contributed by atoms with Crippen molar-refractivity contribution in [3.8, 4) is 0 Å². The van der Waals surface area contributed by atoms with Crippen LogP contribution < -0.4 is 4.90 Å². The number of fused-ring (bicyclic) bond motifs is 1. The van der Waals surface area contributed by atoms with Crippen molar-refractivity contribution in [2.45, 2.75) is 19.9 Å². The van der Waals surface area contributed by atoms with Crippen molar-refractivity contribution in [2.75, 3.05) is 11.4 Å². The van der Waals surface area contributed by atoms with Gasteiger partial charge >= 0.3 is 0 Å². The van der Waals surface area contributed by atoms with Gasteiger partial charge in [0.2, 0.25) is 0 Å². The summed E-state index contributed by atoms with van der Waals surface area (Å²) >= 11 is 0. The Morgan fingerprint density at radius 1 is 1.42 bits per heavy atom. The fourth-order valence-corrected chi connectivity index (χ4v) is 2.63. The summed E-state index contributed by atoms with van der Waals surface area (Å²) in [5, 5.41) is 4.20. The molecule has 0 bridgehead atoms. The zero-order valence-corrected chi connectivity index (χ0v) is 11.3. The third-order valence-corrected chi connectivity index (χ3v) is 3.61. The van der Waals surface area contributed by atoms with Gasteiger partial charge in [0.1, 0.15) is 0 Å². The summed E-state index contributed by atoms with van der Waals surface area (Å²) < 4.78 is 1.82. The second-order valence-corrected chi connectivity index (χ2v) is 5.09. The molecule has 0 N–H and O–H groups in total. The normalized spacial score (nSPS) is 13.7. The lowest BCUT2D eigenvalue weighted by Gasteiger charge is -2.18. The molecule has 0 saturated carbocycles. The number of aryl methyl sites for hydroxylation is 1. The lowest BCUT2D eigenvalue weighted by Crippen LogP contribution is -2.19. The number of rotatable bonds is 3. The fourth-order valence-electron chi connectivity index (χ4n) is 2.63. The van der Waals surface area contributed by atoms with E-state index < -0.39 is 0 Å². The summed E-state index contributed by atoms with van der Waals surface area (Å²) in [6.45, 7) is 3.50. The Morgan fingerprint density at radius 3 is 2.95 bits per heavy atom. The first kappa shape index (κ1) is 12.0. The van der Waals surface area contributed by atoms with E-state index in [2.05, 4.69) is 16.1 Å². The van der Waals surface area contributed by atoms with Crippen LogP contribution in [0.2, 0.25) is 0 Å². The highest BCUT2D eigenvalue weighted by Crippen LogP contribution is 2.30. The molecule has 2 heterocycles. The van der Waals surface area contributed by atoms with Gasteiger partial charge in [-0.2, -0.15) is 5.10 Å². The van der Waals surface area contributed by atoms with Crippen LogP contribution in [0.1, 0.15) is 28.4 Å². The molecule has 3 rings (SSSR count). The van der Waals surface area contributed by atoms with Crippen molar-refractivity contribution in [1.82, 2.24) is 9.78 Å². The third kappa shape index (κ3) is 2.26. The summed E-state index contributed by atoms with van der Waals surface area (Å²) in [6.07, 6.45) is 4.96. The fraction of sp³-hybridized carbons (Fsp3) is 0.333. The summed E-state index contributed by atoms with van der Waals surface area (Å²) in [6, 6.07) is 6.01. The molecule has 0 aliphatic carbocycles. The van der Waals surface area contributed by atoms with Gasteiger partial charge in [-0.25, -0.2) is 0 Å². The molecule has 4 nitrogen and oxygen atoms in total. The predicted octanol–water partition coefficient (Wildman–Crippen LogP) is 2.19. The molecule has 19 heavy (non-hydrogen) atoms. The Morgan fingerprint density at radius 2 is 2.26 bits per heavy atom. The van der Waals surface area contributed by atoms with Crippen molar-refractivity contribution in [3.05, 3.63) is 47.3 Å². The van der Waals surface area contributed by atoms with Crippen LogP contribution in [0.3, 0.4) is 0 Å². The molecule has 2 aromatic rings. The average Bonchev–Trinajstić information content (AvgIpc) is 2.96. The highest BCUT2D eigenvalue weighted by Gasteiger charge is 2.20. The van der Waals surface area contributed by atoms with Crippen molar-refractivity contribution in [2.24, 2.45) is 7.05 Å². The largest absolute Gasteiger partial charge is 0.367 e. The number of hydrogen-bond acceptors (Lipinski definition) is 3. The Balaban J connectivity index is 1.84. The maximum atomic E-state index is 11.4. The first-order valence-corrected chi connectivity index (χ1v) is 6.50. The van der Waals surface area contributed by atoms with Crippen LogP contribution in [0.4, 0.5) is 5.69 Å². The van der Waals surface area contributed by atoms with E-state index in [1.165, 1.54) is 16.8 Å². The Kier molecular flexibility index (Phi) is 2.85. The number of anilines is 1. The molecule has 1 aromatic carbocycles. The van der Waals surface area contributed by atoms with Gasteiger partial charge in [0.15, 0.2) is 5.78 Å². The summed E-state index contributed by atoms with van der Waals surface area (Å²) in [4.78, 5) is 13.7. The Bertz CT molecular complexity index is 630. The van der Waals surface area contributed by atoms with E-state index in [-0.39, 0.29) is 5.78 Å². The number of aromatic nitrogens is 2. The molecule has 0 fully saturated rings. The van der Waals surface area contributed by atoms with Crippen LogP contribution in [0.5, 0.6) is 0 Å². The molecule has 0 saturated heterocycles. The monoisotopic (exact) mass is 255 g/mol. The molecule has 1 aliphatic heterocycles. The molecule has 98 valence electrons. The quantitative estimate of drug-likeness (QED) is 0.789. The van der Waals surface area contributed by atoms with E-state index in [0.717, 1.165) is 25.1 Å². The first-order valence-electron chi connectivity index (χ1n) is 6.50. The van der Waals surface area contributed by atoms with Crippen molar-refractivity contribution < 1.29 is 4.79 Å². The predicted molar refractivity (Wildman–Crippen MR) is 74.4 cm³/mol. The van der Waals surface area contributed by atoms with Crippen LogP contribution in [0.15, 0.2) is 30.6 Å². The van der Waals surface area contributed by atoms with Crippen LogP contribution >= 0.6 is 0 Å². The maximum Gasteiger partial charge on any atom is 0.159 e. The average molecular weight is 255 g/mol. The Labute approximate surface area is 112 Å². The van der Waals surface area contributed by atoms with E-state index in [9.17, 15) is 4.79 Å². The van der Waals surface area contributed by atoms with Gasteiger partial charge in [0, 0.05) is 43.1 Å². The van der Waals surface area contributed by atoms with E-state index in [1.54, 1.807) is 6.92 Å². The van der Waals surface area contributed by atoms with Gasteiger partial charge in [-0.05, 0) is 37.1 Å². The first-order chi connectivity index (χ1) is 9.13. The second kappa shape index (κ2) is 4.53. The number of carbonyl (C=O) groups excluding carboxylic acids is 1. The second-order valence-electron chi connectivity index (χ2n) is 5.09. The van der Waals surface area contributed by atoms with Crippen LogP contribution in [0, 0.1) is 0 Å². The highest BCUT2D eigenvalue weighted by molar-refractivity contribution is 5.94. The lowest BCUT2D eigenvalue weighted by molar-refractivity contribution is 0.101. The number of benzene rings is 1. The molecular formula is C15H17N3O. The molecule has 0 amide bonds. The molecule has 0 spiro atoms. The number of ketones is 1. The molecule has 0 radical (unpaired) electrons. The number of Topliss-reactive ketones (excluding diaryl/α,β-unsaturated/α-hetero) is 1. The van der Waals surface area contributed by atoms with E-state index in [1.807, 2.05) is 36.3 Å². The molecule has 0 atom stereocenters. The van der Waals surface area contributed by atoms with Gasteiger partial charge in [-0.1, -0.05) is 0 Å². The molecule has 1 aliphatic rings. The van der Waals surface area contributed by atoms with E-state index in [0.29, 0.717) is 0 Å². The smallest absolute Gasteiger partial charge is 0.159 e. The van der Waals surface area contributed by atoms with Crippen molar-refractivity contribution >= 4 is 11.5 Å². The minimum absolute atomic E-state index is 0.133. The summed E-state index contributed by atoms with van der Waals surface area (Å²) in [5.41, 5.74) is 4.54. The molecule has 4 heteroatoms. The highest BCUT2D eigenvalue weighted by atomic mass is 16.1. The van der Waals surface area contributed by atoms with Crippen LogP contribution in [-0.2, 0) is 20.0 Å². The SMILES string of the molecule is CC(=O)c1ccc2c(c1)CCN2Cc1cnn(C)c1. The Hall–Kier alpha value is -2.10. The zero-order valence-electron chi connectivity index (χ0n) is 11.3. The van der Waals surface area contributed by atoms with Crippen molar-refractivity contribution in [1.29, 1.82) is 0 Å². The minimum atomic E-state index is 0.133. The number of hydrogen-bond donors (Lipinski definition) is 0. The summed E-state index contributed by atoms with van der Waals surface area (Å²) in [7, 11) is 1.93. The van der Waals surface area contributed by atoms with Gasteiger partial charge in [0.05, 0.1) is 6.20 Å². The molecule has 0 unspecified atom stereocenters. The van der Waals surface area contributed by atoms with E-state index >= 15 is 0 Å². The zero-order chi connectivity index (χ0) is 13.4. The van der Waals surface area contributed by atoms with Crippen LogP contribution in [-0.4, -0.2) is 22.1 Å². The molecule has 1 aromatic heterocycles.